The van der Waals surface area contributed by atoms with Crippen molar-refractivity contribution in [2.75, 3.05) is 0 Å². The summed E-state index contributed by atoms with van der Waals surface area (Å²) in [7, 11) is 0. The van der Waals surface area contributed by atoms with Crippen LogP contribution >= 0.6 is 0 Å². The van der Waals surface area contributed by atoms with Crippen molar-refractivity contribution in [3.63, 3.8) is 0 Å². The molecule has 0 atom stereocenters. The molecule has 1 rings (SSSR count). The standard InChI is InChI=1S/C6H12N.Pt/c7-6-4-2-1-3-5-6;/h6-7H,1-5H2;/q-1;+1. The van der Waals surface area contributed by atoms with Crippen molar-refractivity contribution in [1.29, 1.82) is 0 Å². The van der Waals surface area contributed by atoms with Gasteiger partial charge in [-0.3, -0.25) is 0 Å². The van der Waals surface area contributed by atoms with Crippen molar-refractivity contribution < 1.29 is 20.1 Å². The van der Waals surface area contributed by atoms with Gasteiger partial charge in [0.15, 0.2) is 0 Å². The van der Waals surface area contributed by atoms with E-state index in [0.717, 1.165) is 6.04 Å². The van der Waals surface area contributed by atoms with Crippen LogP contribution in [-0.2, 0) is 20.1 Å². The number of nitrogens with one attached hydrogen (secondary N) is 1. The first-order chi connectivity index (χ1) is 3.93. The Bertz CT molecular complexity index is 59.5. The molecule has 0 aromatic rings. The summed E-state index contributed by atoms with van der Waals surface area (Å²) < 4.78 is 3.28. The first kappa shape index (κ1) is 6.76. The maximum absolute atomic E-state index is 3.28. The molecule has 0 aromatic carbocycles. The molecule has 0 amide bonds. The van der Waals surface area contributed by atoms with Gasteiger partial charge in [-0.2, -0.15) is 0 Å². The Labute approximate surface area is 62.4 Å². The van der Waals surface area contributed by atoms with Gasteiger partial charge >= 0.3 is 62.1 Å². The molecule has 0 unspecified atom stereocenters. The molecule has 2 heteroatoms. The number of hydrogen-bond acceptors (Lipinski definition) is 1. The monoisotopic (exact) mass is 293 g/mol. The Morgan fingerprint density at radius 3 is 2.12 bits per heavy atom. The normalized spacial score (nSPS) is 23.8. The summed E-state index contributed by atoms with van der Waals surface area (Å²) in [5, 5.41) is 0. The van der Waals surface area contributed by atoms with Crippen LogP contribution in [0.25, 0.3) is 0 Å². The van der Waals surface area contributed by atoms with Crippen LogP contribution in [0.3, 0.4) is 0 Å². The van der Waals surface area contributed by atoms with Gasteiger partial charge in [-0.05, 0) is 0 Å². The summed E-state index contributed by atoms with van der Waals surface area (Å²) in [5.41, 5.74) is 0. The van der Waals surface area contributed by atoms with Gasteiger partial charge in [0, 0.05) is 0 Å². The SMILES string of the molecule is [Pt][NH]C1CCCCC1. The van der Waals surface area contributed by atoms with Gasteiger partial charge in [0.05, 0.1) is 0 Å². The molecule has 0 aliphatic heterocycles. The van der Waals surface area contributed by atoms with Gasteiger partial charge in [-0.15, -0.1) is 0 Å². The van der Waals surface area contributed by atoms with Crippen LogP contribution in [0.5, 0.6) is 0 Å². The van der Waals surface area contributed by atoms with Crippen LogP contribution < -0.4 is 3.88 Å². The summed E-state index contributed by atoms with van der Waals surface area (Å²) in [5.74, 6) is 0. The maximum atomic E-state index is 3.28. The number of hydrogen-bond donors (Lipinski definition) is 1. The van der Waals surface area contributed by atoms with Gasteiger partial charge in [-0.25, -0.2) is 0 Å². The first-order valence-corrected chi connectivity index (χ1v) is 4.40. The van der Waals surface area contributed by atoms with Crippen LogP contribution in [0.15, 0.2) is 0 Å². The first-order valence-electron chi connectivity index (χ1n) is 3.26. The average molecular weight is 293 g/mol. The molecule has 0 saturated heterocycles. The molecule has 0 heterocycles. The van der Waals surface area contributed by atoms with E-state index in [-0.39, 0.29) is 0 Å². The Morgan fingerprint density at radius 2 is 1.75 bits per heavy atom. The van der Waals surface area contributed by atoms with Crippen molar-refractivity contribution in [1.82, 2.24) is 3.88 Å². The van der Waals surface area contributed by atoms with Crippen LogP contribution in [0, 0.1) is 0 Å². The van der Waals surface area contributed by atoms with Crippen molar-refractivity contribution >= 4 is 0 Å². The van der Waals surface area contributed by atoms with Crippen molar-refractivity contribution in [3.05, 3.63) is 0 Å². The van der Waals surface area contributed by atoms with E-state index in [2.05, 4.69) is 23.9 Å². The summed E-state index contributed by atoms with van der Waals surface area (Å²) in [6, 6.07) is 0.824. The van der Waals surface area contributed by atoms with E-state index in [1.807, 2.05) is 0 Å². The molecule has 1 saturated carbocycles. The molecule has 1 nitrogen and oxygen atoms in total. The minimum absolute atomic E-state index is 0.824. The van der Waals surface area contributed by atoms with Crippen LogP contribution in [0.4, 0.5) is 0 Å². The fraction of sp³-hybridized carbons (Fsp3) is 1.00. The van der Waals surface area contributed by atoms with E-state index in [9.17, 15) is 0 Å². The van der Waals surface area contributed by atoms with Gasteiger partial charge in [0.2, 0.25) is 0 Å². The zero-order valence-corrected chi connectivity index (χ0v) is 7.20. The summed E-state index contributed by atoms with van der Waals surface area (Å²) in [4.78, 5) is 0. The molecule has 1 aliphatic rings. The van der Waals surface area contributed by atoms with Gasteiger partial charge < -0.3 is 0 Å². The Balaban J connectivity index is 2.13. The van der Waals surface area contributed by atoms with Crippen LogP contribution in [0.1, 0.15) is 32.1 Å². The van der Waals surface area contributed by atoms with E-state index in [4.69, 9.17) is 0 Å². The minimum atomic E-state index is 0.824. The fourth-order valence-corrected chi connectivity index (χ4v) is 1.85. The predicted molar refractivity (Wildman–Crippen MR) is 30.0 cm³/mol. The third kappa shape index (κ3) is 1.87. The Hall–Kier alpha value is 0.648. The fourth-order valence-electron chi connectivity index (χ4n) is 1.19. The molecular weight excluding hydrogens is 281 g/mol. The molecule has 0 bridgehead atoms. The average Bonchev–Trinajstić information content (AvgIpc) is 1.90. The third-order valence-electron chi connectivity index (χ3n) is 1.73. The van der Waals surface area contributed by atoms with Crippen molar-refractivity contribution in [3.8, 4) is 0 Å². The summed E-state index contributed by atoms with van der Waals surface area (Å²) in [6.45, 7) is 0. The molecule has 0 radical (unpaired) electrons. The molecule has 0 spiro atoms. The summed E-state index contributed by atoms with van der Waals surface area (Å²) in [6.07, 6.45) is 7.10. The molecule has 1 N–H and O–H groups in total. The van der Waals surface area contributed by atoms with E-state index in [1.54, 1.807) is 0 Å². The van der Waals surface area contributed by atoms with E-state index in [0.29, 0.717) is 0 Å². The zero-order valence-electron chi connectivity index (χ0n) is 4.93. The van der Waals surface area contributed by atoms with E-state index in [1.165, 1.54) is 32.1 Å². The summed E-state index contributed by atoms with van der Waals surface area (Å²) >= 11 is 2.24. The molecular formula is C6H12NPt. The predicted octanol–water partition coefficient (Wildman–Crippen LogP) is 1.37. The van der Waals surface area contributed by atoms with Crippen molar-refractivity contribution in [2.24, 2.45) is 0 Å². The zero-order chi connectivity index (χ0) is 5.82. The van der Waals surface area contributed by atoms with Crippen LogP contribution in [-0.4, -0.2) is 6.04 Å². The second-order valence-corrected chi connectivity index (χ2v) is 3.08. The molecule has 51 valence electrons. The van der Waals surface area contributed by atoms with Gasteiger partial charge in [0.1, 0.15) is 0 Å². The second kappa shape index (κ2) is 3.63. The third-order valence-corrected chi connectivity index (χ3v) is 2.66. The second-order valence-electron chi connectivity index (χ2n) is 2.43. The Morgan fingerprint density at radius 1 is 1.12 bits per heavy atom. The molecule has 0 aromatic heterocycles. The van der Waals surface area contributed by atoms with Crippen molar-refractivity contribution in [2.45, 2.75) is 38.1 Å². The Kier molecular flexibility index (Phi) is 3.07. The van der Waals surface area contributed by atoms with Gasteiger partial charge in [0.25, 0.3) is 0 Å². The van der Waals surface area contributed by atoms with E-state index >= 15 is 0 Å². The topological polar surface area (TPSA) is 12.0 Å². The number of rotatable bonds is 1. The molecule has 1 aliphatic carbocycles. The van der Waals surface area contributed by atoms with E-state index < -0.39 is 0 Å². The van der Waals surface area contributed by atoms with Crippen LogP contribution in [0.2, 0.25) is 0 Å². The molecule has 8 heavy (non-hydrogen) atoms. The van der Waals surface area contributed by atoms with Gasteiger partial charge in [-0.1, -0.05) is 0 Å². The molecule has 1 fully saturated rings. The quantitative estimate of drug-likeness (QED) is 0.770.